The fraction of sp³-hybridized carbons (Fsp3) is 0.857. The molecular formula is C7H11NO2. The lowest BCUT2D eigenvalue weighted by atomic mass is 9.76. The molecule has 2 aliphatic rings. The van der Waals surface area contributed by atoms with E-state index in [0.29, 0.717) is 6.61 Å². The second-order valence-electron chi connectivity index (χ2n) is 3.12. The molecule has 2 rings (SSSR count). The van der Waals surface area contributed by atoms with E-state index in [4.69, 9.17) is 4.74 Å². The predicted octanol–water partition coefficient (Wildman–Crippen LogP) is -0.0870. The van der Waals surface area contributed by atoms with Gasteiger partial charge in [0.15, 0.2) is 0 Å². The molecule has 0 saturated carbocycles. The largest absolute Gasteiger partial charge is 0.380 e. The minimum absolute atomic E-state index is 0.113. The Balaban J connectivity index is 2.06. The van der Waals surface area contributed by atoms with Crippen molar-refractivity contribution >= 4 is 5.91 Å². The van der Waals surface area contributed by atoms with Crippen molar-refractivity contribution in [3.05, 3.63) is 0 Å². The van der Waals surface area contributed by atoms with Crippen LogP contribution in [0.5, 0.6) is 0 Å². The molecule has 0 radical (unpaired) electrons. The van der Waals surface area contributed by atoms with Crippen LogP contribution in [0, 0.1) is 5.41 Å². The van der Waals surface area contributed by atoms with E-state index in [0.717, 1.165) is 26.0 Å². The molecule has 2 aliphatic heterocycles. The van der Waals surface area contributed by atoms with Gasteiger partial charge in [0.1, 0.15) is 0 Å². The van der Waals surface area contributed by atoms with Crippen molar-refractivity contribution < 1.29 is 9.53 Å². The van der Waals surface area contributed by atoms with Crippen molar-refractivity contribution in [2.24, 2.45) is 5.41 Å². The molecule has 10 heavy (non-hydrogen) atoms. The van der Waals surface area contributed by atoms with E-state index in [-0.39, 0.29) is 11.3 Å². The predicted molar refractivity (Wildman–Crippen MR) is 35.5 cm³/mol. The molecule has 3 heteroatoms. The van der Waals surface area contributed by atoms with Gasteiger partial charge in [0.2, 0.25) is 5.91 Å². The van der Waals surface area contributed by atoms with Gasteiger partial charge in [0.25, 0.3) is 0 Å². The zero-order valence-corrected chi connectivity index (χ0v) is 5.85. The van der Waals surface area contributed by atoms with Crippen LogP contribution in [0.3, 0.4) is 0 Å². The highest BCUT2D eigenvalue weighted by Crippen LogP contribution is 2.33. The van der Waals surface area contributed by atoms with Crippen molar-refractivity contribution in [1.29, 1.82) is 0 Å². The third-order valence-electron chi connectivity index (χ3n) is 2.39. The van der Waals surface area contributed by atoms with Crippen LogP contribution in [-0.4, -0.2) is 25.7 Å². The highest BCUT2D eigenvalue weighted by molar-refractivity contribution is 5.88. The van der Waals surface area contributed by atoms with Gasteiger partial charge >= 0.3 is 0 Å². The monoisotopic (exact) mass is 141 g/mol. The van der Waals surface area contributed by atoms with Crippen molar-refractivity contribution in [2.45, 2.75) is 12.8 Å². The van der Waals surface area contributed by atoms with Crippen LogP contribution in [0.25, 0.3) is 0 Å². The number of hydrogen-bond donors (Lipinski definition) is 1. The summed E-state index contributed by atoms with van der Waals surface area (Å²) >= 11 is 0. The molecule has 1 atom stereocenters. The normalized spacial score (nSPS) is 39.0. The van der Waals surface area contributed by atoms with Gasteiger partial charge in [-0.25, -0.2) is 0 Å². The molecule has 0 aromatic carbocycles. The molecule has 3 nitrogen and oxygen atoms in total. The SMILES string of the molecule is O=C1NCC12CCCOC2. The Morgan fingerprint density at radius 1 is 1.60 bits per heavy atom. The standard InChI is InChI=1S/C7H11NO2/c9-6-7(4-8-6)2-1-3-10-5-7/h1-5H2,(H,8,9). The Kier molecular flexibility index (Phi) is 1.20. The lowest BCUT2D eigenvalue weighted by Gasteiger charge is -2.42. The first-order chi connectivity index (χ1) is 4.83. The lowest BCUT2D eigenvalue weighted by molar-refractivity contribution is -0.150. The fourth-order valence-corrected chi connectivity index (χ4v) is 1.58. The molecule has 2 saturated heterocycles. The molecule has 0 aliphatic carbocycles. The number of ether oxygens (including phenoxy) is 1. The maximum atomic E-state index is 11.0. The summed E-state index contributed by atoms with van der Waals surface area (Å²) in [6.07, 6.45) is 2.05. The summed E-state index contributed by atoms with van der Waals surface area (Å²) in [6.45, 7) is 2.29. The molecule has 1 N–H and O–H groups in total. The molecule has 56 valence electrons. The number of carbonyl (C=O) groups is 1. The molecule has 0 aromatic rings. The van der Waals surface area contributed by atoms with Crippen LogP contribution in [0.1, 0.15) is 12.8 Å². The number of amides is 1. The molecule has 2 fully saturated rings. The average Bonchev–Trinajstić information content (AvgIpc) is 2.04. The van der Waals surface area contributed by atoms with Gasteiger partial charge in [-0.1, -0.05) is 0 Å². The van der Waals surface area contributed by atoms with Crippen LogP contribution in [-0.2, 0) is 9.53 Å². The first-order valence-corrected chi connectivity index (χ1v) is 3.70. The maximum Gasteiger partial charge on any atom is 0.230 e. The smallest absolute Gasteiger partial charge is 0.230 e. The molecule has 1 spiro atoms. The van der Waals surface area contributed by atoms with E-state index in [1.165, 1.54) is 0 Å². The zero-order chi connectivity index (χ0) is 7.03. The van der Waals surface area contributed by atoms with E-state index in [1.54, 1.807) is 0 Å². The first-order valence-electron chi connectivity index (χ1n) is 3.70. The van der Waals surface area contributed by atoms with Gasteiger partial charge in [-0.2, -0.15) is 0 Å². The number of rotatable bonds is 0. The van der Waals surface area contributed by atoms with Crippen molar-refractivity contribution in [2.75, 3.05) is 19.8 Å². The van der Waals surface area contributed by atoms with Gasteiger partial charge in [0, 0.05) is 13.2 Å². The fourth-order valence-electron chi connectivity index (χ4n) is 1.58. The second kappa shape index (κ2) is 1.95. The van der Waals surface area contributed by atoms with E-state index >= 15 is 0 Å². The van der Waals surface area contributed by atoms with Gasteiger partial charge < -0.3 is 10.1 Å². The Bertz CT molecular complexity index is 161. The summed E-state index contributed by atoms with van der Waals surface area (Å²) in [4.78, 5) is 11.0. The van der Waals surface area contributed by atoms with Crippen LogP contribution >= 0.6 is 0 Å². The minimum atomic E-state index is -0.113. The highest BCUT2D eigenvalue weighted by Gasteiger charge is 2.47. The molecular weight excluding hydrogens is 130 g/mol. The van der Waals surface area contributed by atoms with E-state index in [2.05, 4.69) is 5.32 Å². The van der Waals surface area contributed by atoms with Crippen molar-refractivity contribution in [3.63, 3.8) is 0 Å². The third kappa shape index (κ3) is 0.669. The van der Waals surface area contributed by atoms with E-state index < -0.39 is 0 Å². The molecule has 1 unspecified atom stereocenters. The Morgan fingerprint density at radius 3 is 2.80 bits per heavy atom. The number of β-lactam (4-membered cyclic amide) rings is 1. The summed E-state index contributed by atoms with van der Waals surface area (Å²) < 4.78 is 5.24. The van der Waals surface area contributed by atoms with E-state index in [9.17, 15) is 4.79 Å². The van der Waals surface area contributed by atoms with Gasteiger partial charge in [0.05, 0.1) is 12.0 Å². The van der Waals surface area contributed by atoms with Gasteiger partial charge in [-0.15, -0.1) is 0 Å². The summed E-state index contributed by atoms with van der Waals surface area (Å²) in [7, 11) is 0. The Labute approximate surface area is 59.7 Å². The highest BCUT2D eigenvalue weighted by atomic mass is 16.5. The van der Waals surface area contributed by atoms with Crippen LogP contribution in [0.15, 0.2) is 0 Å². The summed E-state index contributed by atoms with van der Waals surface area (Å²) in [6, 6.07) is 0. The lowest BCUT2D eigenvalue weighted by Crippen LogP contribution is -2.62. The Morgan fingerprint density at radius 2 is 2.50 bits per heavy atom. The molecule has 2 heterocycles. The summed E-state index contributed by atoms with van der Waals surface area (Å²) in [5, 5.41) is 2.75. The second-order valence-corrected chi connectivity index (χ2v) is 3.12. The molecule has 1 amide bonds. The van der Waals surface area contributed by atoms with Crippen LogP contribution < -0.4 is 5.32 Å². The average molecular weight is 141 g/mol. The molecule has 0 bridgehead atoms. The first kappa shape index (κ1) is 6.16. The number of nitrogens with one attached hydrogen (secondary N) is 1. The van der Waals surface area contributed by atoms with Crippen LogP contribution in [0.2, 0.25) is 0 Å². The maximum absolute atomic E-state index is 11.0. The Hall–Kier alpha value is -0.570. The summed E-state index contributed by atoms with van der Waals surface area (Å²) in [5.41, 5.74) is -0.113. The van der Waals surface area contributed by atoms with Gasteiger partial charge in [-0.3, -0.25) is 4.79 Å². The topological polar surface area (TPSA) is 38.3 Å². The van der Waals surface area contributed by atoms with Gasteiger partial charge in [-0.05, 0) is 12.8 Å². The third-order valence-corrected chi connectivity index (χ3v) is 2.39. The van der Waals surface area contributed by atoms with Crippen molar-refractivity contribution in [1.82, 2.24) is 5.32 Å². The molecule has 0 aromatic heterocycles. The minimum Gasteiger partial charge on any atom is -0.380 e. The van der Waals surface area contributed by atoms with Crippen LogP contribution in [0.4, 0.5) is 0 Å². The number of carbonyl (C=O) groups excluding carboxylic acids is 1. The summed E-state index contributed by atoms with van der Waals surface area (Å²) in [5.74, 6) is 0.187. The quantitative estimate of drug-likeness (QED) is 0.479. The number of hydrogen-bond acceptors (Lipinski definition) is 2. The van der Waals surface area contributed by atoms with Crippen molar-refractivity contribution in [3.8, 4) is 0 Å². The zero-order valence-electron chi connectivity index (χ0n) is 5.85. The van der Waals surface area contributed by atoms with E-state index in [1.807, 2.05) is 0 Å².